The molecule has 47 heavy (non-hydrogen) atoms. The summed E-state index contributed by atoms with van der Waals surface area (Å²) in [5.74, 6) is 5.70. The van der Waals surface area contributed by atoms with E-state index in [0.29, 0.717) is 28.6 Å². The summed E-state index contributed by atoms with van der Waals surface area (Å²) in [6, 6.07) is 7.38. The van der Waals surface area contributed by atoms with E-state index in [1.165, 1.54) is 0 Å². The average molecular weight is 653 g/mol. The summed E-state index contributed by atoms with van der Waals surface area (Å²) in [5, 5.41) is 42.3. The van der Waals surface area contributed by atoms with Gasteiger partial charge in [0.25, 0.3) is 0 Å². The molecule has 2 aromatic carbocycles. The average Bonchev–Trinajstić information content (AvgIpc) is 3.45. The third kappa shape index (κ3) is 5.11. The van der Waals surface area contributed by atoms with Crippen LogP contribution < -0.4 is 23.7 Å². The second-order valence-electron chi connectivity index (χ2n) is 12.6. The molecule has 1 saturated carbocycles. The molecule has 2 bridgehead atoms. The van der Waals surface area contributed by atoms with Gasteiger partial charge in [-0.3, -0.25) is 9.59 Å². The van der Waals surface area contributed by atoms with E-state index in [4.69, 9.17) is 38.3 Å². The molecule has 0 aromatic heterocycles. The third-order valence-corrected chi connectivity index (χ3v) is 9.91. The molecule has 13 heteroatoms. The van der Waals surface area contributed by atoms with Crippen LogP contribution in [0.3, 0.4) is 0 Å². The van der Waals surface area contributed by atoms with Crippen molar-refractivity contribution in [2.75, 3.05) is 20.8 Å². The minimum absolute atomic E-state index is 0.141. The van der Waals surface area contributed by atoms with E-state index in [-0.39, 0.29) is 18.1 Å². The number of esters is 1. The molecule has 2 aromatic rings. The van der Waals surface area contributed by atoms with E-state index >= 15 is 0 Å². The van der Waals surface area contributed by atoms with Gasteiger partial charge in [-0.15, -0.1) is 0 Å². The van der Waals surface area contributed by atoms with Gasteiger partial charge in [0.15, 0.2) is 11.5 Å². The van der Waals surface area contributed by atoms with Gasteiger partial charge in [0, 0.05) is 23.6 Å². The van der Waals surface area contributed by atoms with E-state index in [0.717, 1.165) is 43.2 Å². The van der Waals surface area contributed by atoms with Crippen molar-refractivity contribution in [2.24, 2.45) is 0 Å². The molecule has 4 N–H and O–H groups in total. The molecule has 0 radical (unpaired) electrons. The highest BCUT2D eigenvalue weighted by Gasteiger charge is 2.58. The topological polar surface area (TPSA) is 180 Å². The molecule has 1 spiro atoms. The van der Waals surface area contributed by atoms with Crippen LogP contribution in [0.25, 0.3) is 0 Å². The number of carbonyl (C=O) groups excluding carboxylic acids is 1. The Hall–Kier alpha value is -4.22. The number of carbonyl (C=O) groups is 2. The lowest BCUT2D eigenvalue weighted by atomic mass is 9.68. The van der Waals surface area contributed by atoms with E-state index in [1.54, 1.807) is 20.3 Å². The van der Waals surface area contributed by atoms with Crippen LogP contribution in [0.1, 0.15) is 73.7 Å². The number of methoxy groups -OCH3 is 2. The zero-order valence-corrected chi connectivity index (χ0v) is 25.9. The molecule has 5 heterocycles. The Balaban J connectivity index is 1.28. The van der Waals surface area contributed by atoms with Crippen molar-refractivity contribution < 1.29 is 63.2 Å². The lowest BCUT2D eigenvalue weighted by Crippen LogP contribution is -2.68. The quantitative estimate of drug-likeness (QED) is 0.203. The fourth-order valence-corrected chi connectivity index (χ4v) is 7.61. The second kappa shape index (κ2) is 11.8. The first-order valence-electron chi connectivity index (χ1n) is 15.6. The van der Waals surface area contributed by atoms with E-state index in [9.17, 15) is 24.9 Å². The molecular weight excluding hydrogens is 616 g/mol. The minimum Gasteiger partial charge on any atom is -0.493 e. The first-order valence-corrected chi connectivity index (χ1v) is 15.6. The predicted octanol–water partition coefficient (Wildman–Crippen LogP) is 2.35. The normalized spacial score (nSPS) is 30.8. The smallest absolute Gasteiger partial charge is 0.317 e. The number of hydrogen-bond donors (Lipinski definition) is 4. The van der Waals surface area contributed by atoms with Crippen LogP contribution in [0, 0.1) is 11.8 Å². The van der Waals surface area contributed by atoms with Crippen LogP contribution in [0.2, 0.25) is 0 Å². The van der Waals surface area contributed by atoms with Gasteiger partial charge >= 0.3 is 11.9 Å². The number of benzene rings is 2. The predicted molar refractivity (Wildman–Crippen MR) is 160 cm³/mol. The van der Waals surface area contributed by atoms with Crippen molar-refractivity contribution in [3.63, 3.8) is 0 Å². The molecule has 1 saturated heterocycles. The van der Waals surface area contributed by atoms with E-state index in [1.807, 2.05) is 18.2 Å². The van der Waals surface area contributed by atoms with Gasteiger partial charge in [0.1, 0.15) is 60.1 Å². The van der Waals surface area contributed by atoms with Crippen molar-refractivity contribution in [1.82, 2.24) is 0 Å². The maximum absolute atomic E-state index is 11.9. The Labute approximate surface area is 270 Å². The highest BCUT2D eigenvalue weighted by atomic mass is 16.7. The molecule has 6 aliphatic rings. The molecule has 2 fully saturated rings. The summed E-state index contributed by atoms with van der Waals surface area (Å²) >= 11 is 0. The first kappa shape index (κ1) is 31.4. The Bertz CT molecular complexity index is 1650. The van der Waals surface area contributed by atoms with Gasteiger partial charge in [-0.1, -0.05) is 24.3 Å². The van der Waals surface area contributed by atoms with Crippen molar-refractivity contribution in [1.29, 1.82) is 0 Å². The Morgan fingerprint density at radius 1 is 1.02 bits per heavy atom. The Morgan fingerprint density at radius 3 is 2.53 bits per heavy atom. The zero-order valence-electron chi connectivity index (χ0n) is 25.9. The first-order chi connectivity index (χ1) is 22.6. The number of fused-ring (bicyclic) bond motifs is 9. The summed E-state index contributed by atoms with van der Waals surface area (Å²) < 4.78 is 42.0. The maximum atomic E-state index is 11.9. The molecule has 0 amide bonds. The Morgan fingerprint density at radius 2 is 1.81 bits per heavy atom. The molecule has 250 valence electrons. The summed E-state index contributed by atoms with van der Waals surface area (Å²) in [7, 11) is 3.15. The number of ether oxygens (including phenoxy) is 7. The summed E-state index contributed by atoms with van der Waals surface area (Å²) in [6.07, 6.45) is -3.44. The highest BCUT2D eigenvalue weighted by Crippen LogP contribution is 2.63. The zero-order chi connectivity index (χ0) is 33.1. The van der Waals surface area contributed by atoms with Crippen molar-refractivity contribution >= 4 is 11.9 Å². The number of carboxylic acids is 1. The van der Waals surface area contributed by atoms with Crippen LogP contribution in [-0.4, -0.2) is 89.0 Å². The van der Waals surface area contributed by atoms with E-state index < -0.39 is 66.9 Å². The number of aliphatic carboxylic acids is 1. The summed E-state index contributed by atoms with van der Waals surface area (Å²) in [6.45, 7) is -0.605. The van der Waals surface area contributed by atoms with Crippen LogP contribution in [0.4, 0.5) is 0 Å². The van der Waals surface area contributed by atoms with Crippen LogP contribution in [-0.2, 0) is 19.1 Å². The number of rotatable bonds is 6. The van der Waals surface area contributed by atoms with Gasteiger partial charge in [0.2, 0.25) is 12.0 Å². The van der Waals surface area contributed by atoms with Gasteiger partial charge in [-0.2, -0.15) is 0 Å². The number of hydrogen-bond acceptors (Lipinski definition) is 12. The summed E-state index contributed by atoms with van der Waals surface area (Å²) in [5.41, 5.74) is -0.613. The SMILES string of the molecule is COc1ccc2c(c1OC)O[C@@H]1c3cc4c(cc3OC3(CCCCC3)[C@@H]21)O[C@H]1O[C@H](COC(=O)CC(=O)O)[C@](O)(CC#C4)[C@H](O)[C@H]1O. The lowest BCUT2D eigenvalue weighted by molar-refractivity contribution is -0.312. The monoisotopic (exact) mass is 652 g/mol. The van der Waals surface area contributed by atoms with Gasteiger partial charge in [-0.05, 0) is 37.8 Å². The maximum Gasteiger partial charge on any atom is 0.317 e. The molecule has 7 atom stereocenters. The fourth-order valence-electron chi connectivity index (χ4n) is 7.61. The molecule has 8 rings (SSSR count). The Kier molecular flexibility index (Phi) is 7.87. The molecule has 0 unspecified atom stereocenters. The molecule has 5 aliphatic heterocycles. The lowest BCUT2D eigenvalue weighted by Gasteiger charge is -2.48. The van der Waals surface area contributed by atoms with E-state index in [2.05, 4.69) is 11.8 Å². The second-order valence-corrected chi connectivity index (χ2v) is 12.6. The van der Waals surface area contributed by atoms with Crippen LogP contribution in [0.5, 0.6) is 28.7 Å². The largest absolute Gasteiger partial charge is 0.493 e. The molecule has 13 nitrogen and oxygen atoms in total. The highest BCUT2D eigenvalue weighted by molar-refractivity contribution is 5.90. The third-order valence-electron chi connectivity index (χ3n) is 9.91. The number of aliphatic hydroxyl groups excluding tert-OH is 2. The fraction of sp³-hybridized carbons (Fsp3) is 0.529. The van der Waals surface area contributed by atoms with Gasteiger partial charge in [-0.25, -0.2) is 0 Å². The van der Waals surface area contributed by atoms with Gasteiger partial charge in [0.05, 0.1) is 25.7 Å². The van der Waals surface area contributed by atoms with Crippen molar-refractivity contribution in [3.05, 3.63) is 41.0 Å². The van der Waals surface area contributed by atoms with Crippen LogP contribution in [0.15, 0.2) is 24.3 Å². The summed E-state index contributed by atoms with van der Waals surface area (Å²) in [4.78, 5) is 22.8. The van der Waals surface area contributed by atoms with Crippen molar-refractivity contribution in [2.45, 2.75) is 92.8 Å². The van der Waals surface area contributed by atoms with Crippen molar-refractivity contribution in [3.8, 4) is 40.6 Å². The number of aliphatic hydroxyl groups is 3. The standard InChI is InChI=1S/C34H36O13/c1-41-20-9-8-18-26-28(46-29(18)30(20)42-2)19-13-17-7-6-12-34(40)23(16-43-25(37)15-24(35)36)45-32(27(38)31(34)39)44-21(17)14-22(19)47-33(26)10-4-3-5-11-33/h8-9,13-14,23,26-28,31-32,38-40H,3-5,10-12,15-16H2,1-2H3,(H,35,36)/t23-,26+,27-,28-,31-,32+,34-/m1/s1. The molecular formula is C34H36O13. The minimum atomic E-state index is -2.17. The van der Waals surface area contributed by atoms with Crippen LogP contribution >= 0.6 is 0 Å². The molecule has 1 aliphatic carbocycles. The number of carboxylic acid groups (broad SMARTS) is 1. The van der Waals surface area contributed by atoms with Gasteiger partial charge < -0.3 is 53.6 Å².